The molecule has 0 saturated heterocycles. The Kier molecular flexibility index (Phi) is 4.82. The minimum atomic E-state index is -0.266. The molecule has 0 N–H and O–H groups in total. The number of carbonyl (C=O) groups is 1. The maximum Gasteiger partial charge on any atom is 0.328 e. The van der Waals surface area contributed by atoms with E-state index in [2.05, 4.69) is 0 Å². The quantitative estimate of drug-likeness (QED) is 0.680. The molecule has 1 aromatic heterocycles. The first-order valence-corrected chi connectivity index (χ1v) is 5.60. The first-order valence-electron chi connectivity index (χ1n) is 5.60. The molecule has 0 spiro atoms. The van der Waals surface area contributed by atoms with Crippen LogP contribution < -0.4 is 5.69 Å². The highest BCUT2D eigenvalue weighted by atomic mass is 16.5. The second-order valence-corrected chi connectivity index (χ2v) is 3.52. The lowest BCUT2D eigenvalue weighted by molar-refractivity contribution is -0.143. The first-order chi connectivity index (χ1) is 7.69. The number of carbonyl (C=O) groups excluding carboxylic acids is 1. The number of hydrogen-bond acceptors (Lipinski definition) is 3. The van der Waals surface area contributed by atoms with Gasteiger partial charge in [-0.05, 0) is 13.3 Å². The van der Waals surface area contributed by atoms with Crippen LogP contribution in [-0.4, -0.2) is 21.7 Å². The normalized spacial score (nSPS) is 10.4. The number of hydrogen-bond donors (Lipinski definition) is 0. The Labute approximate surface area is 94.6 Å². The molecule has 0 aromatic carbocycles. The Hall–Kier alpha value is -1.52. The summed E-state index contributed by atoms with van der Waals surface area (Å²) in [4.78, 5) is 22.8. The van der Waals surface area contributed by atoms with Crippen LogP contribution >= 0.6 is 0 Å². The molecule has 0 aliphatic rings. The Morgan fingerprint density at radius 2 is 1.88 bits per heavy atom. The van der Waals surface area contributed by atoms with Gasteiger partial charge >= 0.3 is 11.7 Å². The van der Waals surface area contributed by atoms with E-state index >= 15 is 0 Å². The number of esters is 1. The van der Waals surface area contributed by atoms with Crippen molar-refractivity contribution in [2.45, 2.75) is 39.8 Å². The van der Waals surface area contributed by atoms with Crippen molar-refractivity contribution in [3.05, 3.63) is 22.9 Å². The molecule has 0 saturated carbocycles. The fraction of sp³-hybridized carbons (Fsp3) is 0.636. The number of rotatable bonds is 6. The van der Waals surface area contributed by atoms with Crippen LogP contribution in [0.25, 0.3) is 0 Å². The van der Waals surface area contributed by atoms with Gasteiger partial charge in [-0.15, -0.1) is 0 Å². The number of aryl methyl sites for hydroxylation is 2. The zero-order valence-corrected chi connectivity index (χ0v) is 9.81. The molecular formula is C11H18N2O3. The predicted octanol–water partition coefficient (Wildman–Crippen LogP) is 1.01. The highest BCUT2D eigenvalue weighted by Crippen LogP contribution is 1.93. The summed E-state index contributed by atoms with van der Waals surface area (Å²) in [5.41, 5.74) is -0.0638. The summed E-state index contributed by atoms with van der Waals surface area (Å²) in [6, 6.07) is 0. The third kappa shape index (κ3) is 3.25. The Morgan fingerprint density at radius 1 is 1.25 bits per heavy atom. The van der Waals surface area contributed by atoms with E-state index in [0.29, 0.717) is 19.7 Å². The third-order valence-corrected chi connectivity index (χ3v) is 2.24. The van der Waals surface area contributed by atoms with Crippen LogP contribution in [-0.2, 0) is 22.6 Å². The molecule has 90 valence electrons. The fourth-order valence-corrected chi connectivity index (χ4v) is 1.48. The van der Waals surface area contributed by atoms with Crippen LogP contribution in [0.5, 0.6) is 0 Å². The summed E-state index contributed by atoms with van der Waals surface area (Å²) in [6.45, 7) is 5.26. The van der Waals surface area contributed by atoms with Crippen molar-refractivity contribution >= 4 is 5.97 Å². The monoisotopic (exact) mass is 226 g/mol. The summed E-state index contributed by atoms with van der Waals surface area (Å²) in [5.74, 6) is -0.266. The molecule has 1 aromatic rings. The molecule has 0 radical (unpaired) electrons. The lowest BCUT2D eigenvalue weighted by Gasteiger charge is -2.02. The maximum atomic E-state index is 11.7. The van der Waals surface area contributed by atoms with Crippen molar-refractivity contribution in [1.29, 1.82) is 0 Å². The molecule has 5 heteroatoms. The third-order valence-electron chi connectivity index (χ3n) is 2.24. The van der Waals surface area contributed by atoms with Crippen molar-refractivity contribution in [3.8, 4) is 0 Å². The van der Waals surface area contributed by atoms with Gasteiger partial charge in [-0.1, -0.05) is 6.92 Å². The standard InChI is InChI=1S/C11H18N2O3/c1-3-6-12-8-9-13(11(12)15)7-5-10(14)16-4-2/h8-9H,3-7H2,1-2H3. The Morgan fingerprint density at radius 3 is 2.44 bits per heavy atom. The van der Waals surface area contributed by atoms with Crippen molar-refractivity contribution in [2.75, 3.05) is 6.61 Å². The van der Waals surface area contributed by atoms with Crippen LogP contribution in [0.4, 0.5) is 0 Å². The van der Waals surface area contributed by atoms with Crippen molar-refractivity contribution < 1.29 is 9.53 Å². The molecule has 5 nitrogen and oxygen atoms in total. The van der Waals surface area contributed by atoms with Gasteiger partial charge in [-0.3, -0.25) is 13.9 Å². The zero-order chi connectivity index (χ0) is 12.0. The van der Waals surface area contributed by atoms with E-state index in [1.54, 1.807) is 23.9 Å². The summed E-state index contributed by atoms with van der Waals surface area (Å²) in [5, 5.41) is 0. The summed E-state index contributed by atoms with van der Waals surface area (Å²) in [7, 11) is 0. The summed E-state index contributed by atoms with van der Waals surface area (Å²) in [6.07, 6.45) is 4.61. The van der Waals surface area contributed by atoms with E-state index in [-0.39, 0.29) is 18.1 Å². The molecule has 1 heterocycles. The van der Waals surface area contributed by atoms with Crippen LogP contribution in [0, 0.1) is 0 Å². The van der Waals surface area contributed by atoms with Gasteiger partial charge < -0.3 is 4.74 Å². The van der Waals surface area contributed by atoms with Gasteiger partial charge in [0.25, 0.3) is 0 Å². The molecule has 0 unspecified atom stereocenters. The summed E-state index contributed by atoms with van der Waals surface area (Å²) >= 11 is 0. The van der Waals surface area contributed by atoms with Crippen LogP contribution in [0.3, 0.4) is 0 Å². The van der Waals surface area contributed by atoms with Crippen LogP contribution in [0.2, 0.25) is 0 Å². The largest absolute Gasteiger partial charge is 0.466 e. The average Bonchev–Trinajstić information content (AvgIpc) is 2.59. The van der Waals surface area contributed by atoms with Crippen molar-refractivity contribution in [1.82, 2.24) is 9.13 Å². The van der Waals surface area contributed by atoms with Gasteiger partial charge in [-0.25, -0.2) is 4.79 Å². The second-order valence-electron chi connectivity index (χ2n) is 3.52. The van der Waals surface area contributed by atoms with E-state index in [0.717, 1.165) is 6.42 Å². The lowest BCUT2D eigenvalue weighted by atomic mass is 10.4. The zero-order valence-electron chi connectivity index (χ0n) is 9.81. The maximum absolute atomic E-state index is 11.7. The van der Waals surface area contributed by atoms with E-state index in [4.69, 9.17) is 4.74 Å². The van der Waals surface area contributed by atoms with Gasteiger partial charge in [0.1, 0.15) is 0 Å². The predicted molar refractivity (Wildman–Crippen MR) is 60.2 cm³/mol. The van der Waals surface area contributed by atoms with Gasteiger partial charge in [0.15, 0.2) is 0 Å². The fourth-order valence-electron chi connectivity index (χ4n) is 1.48. The van der Waals surface area contributed by atoms with Crippen LogP contribution in [0.1, 0.15) is 26.7 Å². The van der Waals surface area contributed by atoms with Gasteiger partial charge in [0, 0.05) is 25.5 Å². The smallest absolute Gasteiger partial charge is 0.328 e. The van der Waals surface area contributed by atoms with Gasteiger partial charge in [0.05, 0.1) is 13.0 Å². The highest BCUT2D eigenvalue weighted by molar-refractivity contribution is 5.69. The molecule has 0 fully saturated rings. The molecule has 0 aliphatic carbocycles. The van der Waals surface area contributed by atoms with Gasteiger partial charge in [-0.2, -0.15) is 0 Å². The van der Waals surface area contributed by atoms with Crippen molar-refractivity contribution in [3.63, 3.8) is 0 Å². The first kappa shape index (κ1) is 12.5. The minimum absolute atomic E-state index is 0.0638. The lowest BCUT2D eigenvalue weighted by Crippen LogP contribution is -2.25. The molecule has 1 rings (SSSR count). The Balaban J connectivity index is 2.55. The van der Waals surface area contributed by atoms with Gasteiger partial charge in [0.2, 0.25) is 0 Å². The minimum Gasteiger partial charge on any atom is -0.466 e. The molecule has 0 amide bonds. The van der Waals surface area contributed by atoms with E-state index in [1.165, 1.54) is 4.57 Å². The molecule has 16 heavy (non-hydrogen) atoms. The van der Waals surface area contributed by atoms with Crippen LogP contribution in [0.15, 0.2) is 17.2 Å². The highest BCUT2D eigenvalue weighted by Gasteiger charge is 2.05. The molecular weight excluding hydrogens is 208 g/mol. The number of aromatic nitrogens is 2. The SMILES string of the molecule is CCCn1ccn(CCC(=O)OCC)c1=O. The number of ether oxygens (including phenoxy) is 1. The number of nitrogens with zero attached hydrogens (tertiary/aromatic N) is 2. The number of imidazole rings is 1. The summed E-state index contributed by atoms with van der Waals surface area (Å²) < 4.78 is 7.97. The Bertz CT molecular complexity index is 392. The second kappa shape index (κ2) is 6.15. The molecule has 0 aliphatic heterocycles. The average molecular weight is 226 g/mol. The topological polar surface area (TPSA) is 53.2 Å². The van der Waals surface area contributed by atoms with E-state index in [1.807, 2.05) is 6.92 Å². The molecule has 0 bridgehead atoms. The van der Waals surface area contributed by atoms with E-state index in [9.17, 15) is 9.59 Å². The van der Waals surface area contributed by atoms with Crippen molar-refractivity contribution in [2.24, 2.45) is 0 Å². The van der Waals surface area contributed by atoms with E-state index < -0.39 is 0 Å². The molecule has 0 atom stereocenters.